The summed E-state index contributed by atoms with van der Waals surface area (Å²) in [7, 11) is 2.91. The van der Waals surface area contributed by atoms with Gasteiger partial charge in [-0.05, 0) is 42.0 Å². The molecule has 8 nitrogen and oxygen atoms in total. The Morgan fingerprint density at radius 1 is 1.00 bits per heavy atom. The minimum absolute atomic E-state index is 0.0588. The van der Waals surface area contributed by atoms with E-state index in [1.807, 2.05) is 0 Å². The van der Waals surface area contributed by atoms with Crippen LogP contribution in [0.5, 0.6) is 17.2 Å². The third-order valence-corrected chi connectivity index (χ3v) is 4.90. The summed E-state index contributed by atoms with van der Waals surface area (Å²) in [5.74, 6) is -1.10. The Labute approximate surface area is 200 Å². The Morgan fingerprint density at radius 3 is 2.53 bits per heavy atom. The van der Waals surface area contributed by atoms with Crippen molar-refractivity contribution >= 4 is 35.3 Å². The van der Waals surface area contributed by atoms with Gasteiger partial charge in [0.2, 0.25) is 0 Å². The number of hydrogen-bond donors (Lipinski definition) is 2. The Bertz CT molecular complexity index is 1200. The molecule has 3 aromatic rings. The predicted octanol–water partition coefficient (Wildman–Crippen LogP) is 4.16. The van der Waals surface area contributed by atoms with Crippen LogP contribution in [0.25, 0.3) is 0 Å². The smallest absolute Gasteiger partial charge is 0.329 e. The molecule has 0 aliphatic rings. The standard InChI is InChI=1S/C24H21ClFN3O5/c1-32-16-9-10-22(33-2)21(12-16)28-23(30)24(31)29-27-13-15-5-3-6-17(11-15)34-14-18-19(25)7-4-8-20(18)26/h3-13H,14H2,1-2H3,(H,28,30)(H,29,31)/b27-13+. The molecule has 176 valence electrons. The van der Waals surface area contributed by atoms with E-state index in [1.54, 1.807) is 42.5 Å². The van der Waals surface area contributed by atoms with Gasteiger partial charge in [-0.1, -0.05) is 29.8 Å². The number of nitrogens with zero attached hydrogens (tertiary/aromatic N) is 1. The fourth-order valence-corrected chi connectivity index (χ4v) is 3.03. The van der Waals surface area contributed by atoms with E-state index in [-0.39, 0.29) is 22.9 Å². The van der Waals surface area contributed by atoms with Crippen molar-refractivity contribution in [2.75, 3.05) is 19.5 Å². The molecular weight excluding hydrogens is 465 g/mol. The van der Waals surface area contributed by atoms with Crippen LogP contribution in [0.2, 0.25) is 5.02 Å². The van der Waals surface area contributed by atoms with Gasteiger partial charge in [-0.15, -0.1) is 0 Å². The maximum absolute atomic E-state index is 13.9. The van der Waals surface area contributed by atoms with Gasteiger partial charge in [0.05, 0.1) is 31.1 Å². The van der Waals surface area contributed by atoms with E-state index in [0.29, 0.717) is 22.8 Å². The van der Waals surface area contributed by atoms with Crippen LogP contribution in [0.3, 0.4) is 0 Å². The van der Waals surface area contributed by atoms with Crippen molar-refractivity contribution in [1.29, 1.82) is 0 Å². The van der Waals surface area contributed by atoms with Crippen LogP contribution in [0.4, 0.5) is 10.1 Å². The number of benzene rings is 3. The molecule has 3 rings (SSSR count). The molecule has 0 heterocycles. The van der Waals surface area contributed by atoms with E-state index in [2.05, 4.69) is 15.8 Å². The highest BCUT2D eigenvalue weighted by molar-refractivity contribution is 6.39. The number of methoxy groups -OCH3 is 2. The van der Waals surface area contributed by atoms with Gasteiger partial charge in [-0.3, -0.25) is 9.59 Å². The molecule has 0 fully saturated rings. The molecule has 0 aromatic heterocycles. The lowest BCUT2D eigenvalue weighted by Crippen LogP contribution is -2.32. The molecule has 2 N–H and O–H groups in total. The lowest BCUT2D eigenvalue weighted by Gasteiger charge is -2.11. The Morgan fingerprint density at radius 2 is 1.79 bits per heavy atom. The van der Waals surface area contributed by atoms with E-state index >= 15 is 0 Å². The number of carbonyl (C=O) groups is 2. The normalized spacial score (nSPS) is 10.6. The third-order valence-electron chi connectivity index (χ3n) is 4.54. The highest BCUT2D eigenvalue weighted by atomic mass is 35.5. The van der Waals surface area contributed by atoms with Crippen molar-refractivity contribution in [3.8, 4) is 17.2 Å². The van der Waals surface area contributed by atoms with Gasteiger partial charge >= 0.3 is 11.8 Å². The Balaban J connectivity index is 1.58. The molecule has 0 unspecified atom stereocenters. The van der Waals surface area contributed by atoms with Crippen LogP contribution >= 0.6 is 11.6 Å². The number of anilines is 1. The third kappa shape index (κ3) is 6.46. The Hall–Kier alpha value is -4.11. The van der Waals surface area contributed by atoms with Crippen molar-refractivity contribution in [3.63, 3.8) is 0 Å². The van der Waals surface area contributed by atoms with Crippen molar-refractivity contribution in [1.82, 2.24) is 5.43 Å². The molecule has 10 heteroatoms. The van der Waals surface area contributed by atoms with E-state index < -0.39 is 17.6 Å². The summed E-state index contributed by atoms with van der Waals surface area (Å²) in [6.45, 7) is -0.0588. The van der Waals surface area contributed by atoms with Crippen molar-refractivity contribution < 1.29 is 28.2 Å². The fraction of sp³-hybridized carbons (Fsp3) is 0.125. The largest absolute Gasteiger partial charge is 0.497 e. The lowest BCUT2D eigenvalue weighted by atomic mass is 10.2. The molecular formula is C24H21ClFN3O5. The monoisotopic (exact) mass is 485 g/mol. The Kier molecular flexibility index (Phi) is 8.42. The first-order valence-electron chi connectivity index (χ1n) is 9.93. The molecule has 0 spiro atoms. The van der Waals surface area contributed by atoms with Gasteiger partial charge in [0, 0.05) is 11.6 Å². The van der Waals surface area contributed by atoms with Gasteiger partial charge in [-0.25, -0.2) is 9.82 Å². The van der Waals surface area contributed by atoms with Crippen LogP contribution in [0, 0.1) is 5.82 Å². The predicted molar refractivity (Wildman–Crippen MR) is 126 cm³/mol. The quantitative estimate of drug-likeness (QED) is 0.283. The van der Waals surface area contributed by atoms with Crippen molar-refractivity contribution in [2.24, 2.45) is 5.10 Å². The second-order valence-electron chi connectivity index (χ2n) is 6.78. The lowest BCUT2D eigenvalue weighted by molar-refractivity contribution is -0.136. The minimum Gasteiger partial charge on any atom is -0.497 e. The highest BCUT2D eigenvalue weighted by Gasteiger charge is 2.16. The number of hydrogen-bond acceptors (Lipinski definition) is 6. The van der Waals surface area contributed by atoms with Crippen LogP contribution in [0.1, 0.15) is 11.1 Å². The van der Waals surface area contributed by atoms with Gasteiger partial charge in [0.1, 0.15) is 29.7 Å². The van der Waals surface area contributed by atoms with Gasteiger partial charge in [-0.2, -0.15) is 5.10 Å². The molecule has 0 aliphatic heterocycles. The second kappa shape index (κ2) is 11.7. The molecule has 0 atom stereocenters. The summed E-state index contributed by atoms with van der Waals surface area (Å²) in [5.41, 5.74) is 3.24. The fourth-order valence-electron chi connectivity index (χ4n) is 2.82. The van der Waals surface area contributed by atoms with Crippen molar-refractivity contribution in [3.05, 3.63) is 82.6 Å². The van der Waals surface area contributed by atoms with Crippen LogP contribution in [-0.2, 0) is 16.2 Å². The number of halogens is 2. The van der Waals surface area contributed by atoms with Crippen LogP contribution < -0.4 is 25.0 Å². The van der Waals surface area contributed by atoms with Gasteiger partial charge < -0.3 is 19.5 Å². The molecule has 0 bridgehead atoms. The number of nitrogens with one attached hydrogen (secondary N) is 2. The summed E-state index contributed by atoms with van der Waals surface area (Å²) in [6, 6.07) is 15.9. The number of carbonyl (C=O) groups excluding carboxylic acids is 2. The summed E-state index contributed by atoms with van der Waals surface area (Å²) in [5, 5.41) is 6.50. The molecule has 3 aromatic carbocycles. The number of hydrazone groups is 1. The first-order valence-corrected chi connectivity index (χ1v) is 10.3. The molecule has 0 radical (unpaired) electrons. The number of rotatable bonds is 8. The van der Waals surface area contributed by atoms with Gasteiger partial charge in [0.25, 0.3) is 0 Å². The minimum atomic E-state index is -0.984. The second-order valence-corrected chi connectivity index (χ2v) is 7.19. The summed E-state index contributed by atoms with van der Waals surface area (Å²) in [6.07, 6.45) is 1.33. The molecule has 2 amide bonds. The summed E-state index contributed by atoms with van der Waals surface area (Å²) >= 11 is 6.01. The first kappa shape index (κ1) is 24.5. The van der Waals surface area contributed by atoms with E-state index in [0.717, 1.165) is 0 Å². The highest BCUT2D eigenvalue weighted by Crippen LogP contribution is 2.28. The van der Waals surface area contributed by atoms with Crippen molar-refractivity contribution in [2.45, 2.75) is 6.61 Å². The zero-order chi connectivity index (χ0) is 24.5. The summed E-state index contributed by atoms with van der Waals surface area (Å²) < 4.78 is 29.8. The zero-order valence-corrected chi connectivity index (χ0v) is 19.1. The summed E-state index contributed by atoms with van der Waals surface area (Å²) in [4.78, 5) is 24.3. The van der Waals surface area contributed by atoms with E-state index in [9.17, 15) is 14.0 Å². The molecule has 34 heavy (non-hydrogen) atoms. The van der Waals surface area contributed by atoms with E-state index in [4.69, 9.17) is 25.8 Å². The maximum atomic E-state index is 13.9. The van der Waals surface area contributed by atoms with E-state index in [1.165, 1.54) is 38.6 Å². The van der Waals surface area contributed by atoms with Gasteiger partial charge in [0.15, 0.2) is 0 Å². The zero-order valence-electron chi connectivity index (χ0n) is 18.3. The van der Waals surface area contributed by atoms with Crippen LogP contribution in [0.15, 0.2) is 65.8 Å². The average Bonchev–Trinajstić information content (AvgIpc) is 2.83. The molecule has 0 saturated carbocycles. The molecule has 0 aliphatic carbocycles. The average molecular weight is 486 g/mol. The maximum Gasteiger partial charge on any atom is 0.329 e. The SMILES string of the molecule is COc1ccc(OC)c(NC(=O)C(=O)N/N=C/c2cccc(OCc3c(F)cccc3Cl)c2)c1. The topological polar surface area (TPSA) is 98.2 Å². The number of amides is 2. The van der Waals surface area contributed by atoms with Crippen LogP contribution in [-0.4, -0.2) is 32.2 Å². The first-order chi connectivity index (χ1) is 16.4. The molecule has 0 saturated heterocycles. The number of ether oxygens (including phenoxy) is 3.